The summed E-state index contributed by atoms with van der Waals surface area (Å²) in [7, 11) is 3.18. The summed E-state index contributed by atoms with van der Waals surface area (Å²) in [6.07, 6.45) is 2.01. The molecule has 156 valence electrons. The SMILES string of the molecule is COc1ccc(N=c2oc3c(OC)cccc3cc2C(=O)NCC2CCCO2)cc1. The number of methoxy groups -OCH3 is 2. The van der Waals surface area contributed by atoms with Crippen LogP contribution in [0, 0.1) is 0 Å². The zero-order chi connectivity index (χ0) is 20.9. The Bertz CT molecular complexity index is 1100. The summed E-state index contributed by atoms with van der Waals surface area (Å²) in [6.45, 7) is 1.20. The second kappa shape index (κ2) is 9.00. The summed E-state index contributed by atoms with van der Waals surface area (Å²) >= 11 is 0. The Hall–Kier alpha value is -3.32. The lowest BCUT2D eigenvalue weighted by Gasteiger charge is -2.12. The lowest BCUT2D eigenvalue weighted by atomic mass is 10.1. The van der Waals surface area contributed by atoms with Gasteiger partial charge in [0, 0.05) is 18.5 Å². The molecule has 0 radical (unpaired) electrons. The van der Waals surface area contributed by atoms with Gasteiger partial charge in [-0.05, 0) is 49.2 Å². The highest BCUT2D eigenvalue weighted by Gasteiger charge is 2.19. The van der Waals surface area contributed by atoms with Gasteiger partial charge in [0.1, 0.15) is 11.3 Å². The summed E-state index contributed by atoms with van der Waals surface area (Å²) in [6, 6.07) is 14.5. The molecule has 1 aliphatic heterocycles. The summed E-state index contributed by atoms with van der Waals surface area (Å²) in [5, 5.41) is 3.70. The van der Waals surface area contributed by atoms with Gasteiger partial charge in [0.05, 0.1) is 26.0 Å². The number of carbonyl (C=O) groups excluding carboxylic acids is 1. The van der Waals surface area contributed by atoms with Crippen molar-refractivity contribution in [3.63, 3.8) is 0 Å². The van der Waals surface area contributed by atoms with Gasteiger partial charge in [-0.2, -0.15) is 0 Å². The van der Waals surface area contributed by atoms with E-state index >= 15 is 0 Å². The van der Waals surface area contributed by atoms with Crippen molar-refractivity contribution in [3.05, 3.63) is 59.6 Å². The van der Waals surface area contributed by atoms with Crippen LogP contribution < -0.4 is 20.3 Å². The number of nitrogens with one attached hydrogen (secondary N) is 1. The minimum atomic E-state index is -0.258. The smallest absolute Gasteiger partial charge is 0.256 e. The lowest BCUT2D eigenvalue weighted by Crippen LogP contribution is -2.34. The van der Waals surface area contributed by atoms with Crippen LogP contribution in [0.4, 0.5) is 5.69 Å². The van der Waals surface area contributed by atoms with Gasteiger partial charge >= 0.3 is 0 Å². The predicted octanol–water partition coefficient (Wildman–Crippen LogP) is 3.59. The number of hydrogen-bond donors (Lipinski definition) is 1. The zero-order valence-electron chi connectivity index (χ0n) is 17.0. The van der Waals surface area contributed by atoms with Crippen LogP contribution in [0.3, 0.4) is 0 Å². The maximum atomic E-state index is 13.0. The molecular formula is C23H24N2O5. The highest BCUT2D eigenvalue weighted by Crippen LogP contribution is 2.25. The van der Waals surface area contributed by atoms with E-state index in [2.05, 4.69) is 10.3 Å². The Morgan fingerprint density at radius 3 is 2.70 bits per heavy atom. The number of nitrogens with zero attached hydrogens (tertiary/aromatic N) is 1. The monoisotopic (exact) mass is 408 g/mol. The fraction of sp³-hybridized carbons (Fsp3) is 0.304. The first kappa shape index (κ1) is 20.0. The molecule has 0 aliphatic carbocycles. The van der Waals surface area contributed by atoms with E-state index in [-0.39, 0.29) is 17.6 Å². The molecular weight excluding hydrogens is 384 g/mol. The van der Waals surface area contributed by atoms with E-state index in [1.807, 2.05) is 12.1 Å². The fourth-order valence-electron chi connectivity index (χ4n) is 3.41. The van der Waals surface area contributed by atoms with Gasteiger partial charge in [-0.1, -0.05) is 12.1 Å². The maximum absolute atomic E-state index is 13.0. The standard InChI is InChI=1S/C23H24N2O5/c1-27-17-10-8-16(9-11-17)25-23-19(22(26)24-14-18-6-4-12-29-18)13-15-5-3-7-20(28-2)21(15)30-23/h3,5,7-11,13,18H,4,6,12,14H2,1-2H3,(H,24,26). The van der Waals surface area contributed by atoms with Crippen molar-refractivity contribution >= 4 is 22.6 Å². The summed E-state index contributed by atoms with van der Waals surface area (Å²) < 4.78 is 22.3. The quantitative estimate of drug-likeness (QED) is 0.674. The molecule has 2 aromatic carbocycles. The van der Waals surface area contributed by atoms with E-state index in [1.54, 1.807) is 50.6 Å². The third-order valence-corrected chi connectivity index (χ3v) is 5.02. The summed E-state index contributed by atoms with van der Waals surface area (Å²) in [4.78, 5) is 17.5. The molecule has 1 amide bonds. The number of amides is 1. The number of benzene rings is 2. The van der Waals surface area contributed by atoms with Crippen molar-refractivity contribution in [1.29, 1.82) is 0 Å². The molecule has 4 rings (SSSR count). The van der Waals surface area contributed by atoms with Crippen LogP contribution >= 0.6 is 0 Å². The minimum absolute atomic E-state index is 0.0495. The van der Waals surface area contributed by atoms with Gasteiger partial charge in [-0.15, -0.1) is 0 Å². The van der Waals surface area contributed by atoms with Crippen molar-refractivity contribution in [2.24, 2.45) is 4.99 Å². The molecule has 0 bridgehead atoms. The molecule has 30 heavy (non-hydrogen) atoms. The highest BCUT2D eigenvalue weighted by atomic mass is 16.5. The topological polar surface area (TPSA) is 82.3 Å². The van der Waals surface area contributed by atoms with Crippen molar-refractivity contribution in [2.45, 2.75) is 18.9 Å². The van der Waals surface area contributed by atoms with Crippen molar-refractivity contribution < 1.29 is 23.4 Å². The average molecular weight is 408 g/mol. The van der Waals surface area contributed by atoms with Crippen molar-refractivity contribution in [3.8, 4) is 11.5 Å². The first-order chi connectivity index (χ1) is 14.7. The van der Waals surface area contributed by atoms with E-state index in [1.165, 1.54) is 0 Å². The van der Waals surface area contributed by atoms with Crippen LogP contribution in [0.1, 0.15) is 23.2 Å². The molecule has 3 aromatic rings. The second-order valence-electron chi connectivity index (χ2n) is 7.00. The van der Waals surface area contributed by atoms with Gasteiger partial charge in [0.15, 0.2) is 11.3 Å². The van der Waals surface area contributed by atoms with Crippen LogP contribution in [0.25, 0.3) is 11.0 Å². The van der Waals surface area contributed by atoms with Gasteiger partial charge in [0.25, 0.3) is 5.91 Å². The third-order valence-electron chi connectivity index (χ3n) is 5.02. The van der Waals surface area contributed by atoms with Crippen LogP contribution in [-0.2, 0) is 4.74 Å². The van der Waals surface area contributed by atoms with Crippen molar-refractivity contribution in [1.82, 2.24) is 5.32 Å². The Balaban J connectivity index is 1.76. The van der Waals surface area contributed by atoms with Crippen LogP contribution in [0.2, 0.25) is 0 Å². The Labute approximate surface area is 174 Å². The van der Waals surface area contributed by atoms with Crippen molar-refractivity contribution in [2.75, 3.05) is 27.4 Å². The van der Waals surface area contributed by atoms with E-state index in [9.17, 15) is 4.79 Å². The number of hydrogen-bond acceptors (Lipinski definition) is 6. The Kier molecular flexibility index (Phi) is 5.99. The van der Waals surface area contributed by atoms with E-state index in [0.717, 1.165) is 30.6 Å². The maximum Gasteiger partial charge on any atom is 0.256 e. The Morgan fingerprint density at radius 1 is 1.17 bits per heavy atom. The number of ether oxygens (including phenoxy) is 3. The highest BCUT2D eigenvalue weighted by molar-refractivity contribution is 5.97. The second-order valence-corrected chi connectivity index (χ2v) is 7.00. The van der Waals surface area contributed by atoms with Gasteiger partial charge in [-0.3, -0.25) is 4.79 Å². The predicted molar refractivity (Wildman–Crippen MR) is 112 cm³/mol. The molecule has 1 N–H and O–H groups in total. The molecule has 0 saturated carbocycles. The lowest BCUT2D eigenvalue weighted by molar-refractivity contribution is 0.0854. The van der Waals surface area contributed by atoms with Gasteiger partial charge in [-0.25, -0.2) is 4.99 Å². The molecule has 1 unspecified atom stereocenters. The first-order valence-electron chi connectivity index (χ1n) is 9.87. The minimum Gasteiger partial charge on any atom is -0.497 e. The van der Waals surface area contributed by atoms with E-state index < -0.39 is 0 Å². The molecule has 0 spiro atoms. The molecule has 1 fully saturated rings. The molecule has 7 nitrogen and oxygen atoms in total. The molecule has 1 aliphatic rings. The molecule has 1 saturated heterocycles. The van der Waals surface area contributed by atoms with Crippen LogP contribution in [0.5, 0.6) is 11.5 Å². The van der Waals surface area contributed by atoms with Crippen LogP contribution in [0.15, 0.2) is 57.9 Å². The van der Waals surface area contributed by atoms with Gasteiger partial charge in [0.2, 0.25) is 5.55 Å². The molecule has 7 heteroatoms. The van der Waals surface area contributed by atoms with E-state index in [4.69, 9.17) is 18.6 Å². The van der Waals surface area contributed by atoms with Crippen LogP contribution in [-0.4, -0.2) is 39.4 Å². The summed E-state index contributed by atoms with van der Waals surface area (Å²) in [5.41, 5.74) is 1.73. The average Bonchev–Trinajstić information content (AvgIpc) is 3.31. The molecule has 1 atom stereocenters. The number of carbonyl (C=O) groups is 1. The summed E-state index contributed by atoms with van der Waals surface area (Å²) in [5.74, 6) is 1.04. The number of para-hydroxylation sites is 1. The van der Waals surface area contributed by atoms with E-state index in [0.29, 0.717) is 29.1 Å². The zero-order valence-corrected chi connectivity index (χ0v) is 17.0. The number of rotatable bonds is 6. The normalized spacial score (nSPS) is 16.6. The largest absolute Gasteiger partial charge is 0.497 e. The first-order valence-corrected chi connectivity index (χ1v) is 9.87. The van der Waals surface area contributed by atoms with Gasteiger partial charge < -0.3 is 23.9 Å². The Morgan fingerprint density at radius 2 is 2.00 bits per heavy atom. The third kappa shape index (κ3) is 4.31. The number of fused-ring (bicyclic) bond motifs is 1. The fourth-order valence-corrected chi connectivity index (χ4v) is 3.41. The molecule has 1 aromatic heterocycles. The molecule has 2 heterocycles.